The molecule has 2 atom stereocenters. The number of hydrogen-bond donors (Lipinski definition) is 1. The maximum absolute atomic E-state index is 13.4. The summed E-state index contributed by atoms with van der Waals surface area (Å²) < 4.78 is 2.64. The van der Waals surface area contributed by atoms with Gasteiger partial charge in [-0.1, -0.05) is 40.6 Å². The van der Waals surface area contributed by atoms with E-state index in [0.717, 1.165) is 27.4 Å². The Morgan fingerprint density at radius 1 is 1.15 bits per heavy atom. The van der Waals surface area contributed by atoms with Gasteiger partial charge in [0.2, 0.25) is 0 Å². The lowest BCUT2D eigenvalue weighted by Gasteiger charge is -2.35. The lowest BCUT2D eigenvalue weighted by molar-refractivity contribution is 0.0591. The maximum Gasteiger partial charge on any atom is 0.275 e. The van der Waals surface area contributed by atoms with Crippen LogP contribution in [0.2, 0.25) is 0 Å². The van der Waals surface area contributed by atoms with Crippen molar-refractivity contribution in [3.8, 4) is 0 Å². The molecule has 0 fully saturated rings. The standard InChI is InChI=1S/C26H27BrN4O2/c1-16-5-4-10-29(13-17(16)2)23-8-9-24-26(33)30(18(3)14-31(24)25(23)32)15-19-12-28-22-11-20(27)6-7-21(19)22/h4,6-13,16,18,28H,5,14-15H2,1-3H3. The van der Waals surface area contributed by atoms with Crippen LogP contribution < -0.4 is 10.5 Å². The van der Waals surface area contributed by atoms with E-state index in [-0.39, 0.29) is 17.5 Å². The Balaban J connectivity index is 1.47. The number of aromatic amines is 1. The van der Waals surface area contributed by atoms with Crippen molar-refractivity contribution in [2.75, 3.05) is 4.90 Å². The molecule has 7 heteroatoms. The zero-order valence-corrected chi connectivity index (χ0v) is 20.6. The first-order chi connectivity index (χ1) is 15.8. The van der Waals surface area contributed by atoms with Gasteiger partial charge in [0.05, 0.1) is 0 Å². The predicted octanol–water partition coefficient (Wildman–Crippen LogP) is 5.40. The van der Waals surface area contributed by atoms with E-state index in [9.17, 15) is 9.59 Å². The van der Waals surface area contributed by atoms with Gasteiger partial charge in [-0.15, -0.1) is 0 Å². The van der Waals surface area contributed by atoms with E-state index in [4.69, 9.17) is 0 Å². The molecule has 0 aliphatic carbocycles. The van der Waals surface area contributed by atoms with Crippen molar-refractivity contribution in [3.05, 3.63) is 86.7 Å². The third-order valence-corrected chi connectivity index (χ3v) is 7.33. The highest BCUT2D eigenvalue weighted by molar-refractivity contribution is 9.10. The number of nitrogens with zero attached hydrogens (tertiary/aromatic N) is 3. The Bertz CT molecular complexity index is 1370. The number of carbonyl (C=O) groups excluding carboxylic acids is 1. The molecule has 33 heavy (non-hydrogen) atoms. The summed E-state index contributed by atoms with van der Waals surface area (Å²) in [5.41, 5.74) is 4.20. The largest absolute Gasteiger partial charge is 0.361 e. The number of anilines is 1. The molecule has 1 aromatic carbocycles. The summed E-state index contributed by atoms with van der Waals surface area (Å²) in [6.07, 6.45) is 8.97. The summed E-state index contributed by atoms with van der Waals surface area (Å²) in [7, 11) is 0. The van der Waals surface area contributed by atoms with E-state index in [2.05, 4.69) is 46.9 Å². The van der Waals surface area contributed by atoms with Crippen molar-refractivity contribution in [2.24, 2.45) is 5.92 Å². The molecule has 170 valence electrons. The molecule has 3 aromatic rings. The summed E-state index contributed by atoms with van der Waals surface area (Å²) in [4.78, 5) is 33.9. The number of pyridine rings is 1. The highest BCUT2D eigenvalue weighted by atomic mass is 79.9. The minimum Gasteiger partial charge on any atom is -0.361 e. The van der Waals surface area contributed by atoms with Gasteiger partial charge in [0, 0.05) is 53.1 Å². The third-order valence-electron chi connectivity index (χ3n) is 6.84. The molecule has 0 bridgehead atoms. The first-order valence-corrected chi connectivity index (χ1v) is 12.1. The molecule has 2 unspecified atom stereocenters. The number of hydrogen-bond acceptors (Lipinski definition) is 3. The van der Waals surface area contributed by atoms with Crippen LogP contribution in [0.25, 0.3) is 10.9 Å². The summed E-state index contributed by atoms with van der Waals surface area (Å²) in [5.74, 6) is 0.322. The predicted molar refractivity (Wildman–Crippen MR) is 135 cm³/mol. The van der Waals surface area contributed by atoms with Crippen LogP contribution >= 0.6 is 15.9 Å². The third kappa shape index (κ3) is 3.84. The second-order valence-corrected chi connectivity index (χ2v) is 10.0. The molecule has 0 radical (unpaired) electrons. The zero-order valence-electron chi connectivity index (χ0n) is 19.0. The fourth-order valence-corrected chi connectivity index (χ4v) is 5.01. The number of nitrogens with one attached hydrogen (secondary N) is 1. The fraction of sp³-hybridized carbons (Fsp3) is 0.308. The topological polar surface area (TPSA) is 61.3 Å². The molecule has 2 aliphatic rings. The van der Waals surface area contributed by atoms with E-state index >= 15 is 0 Å². The van der Waals surface area contributed by atoms with Crippen LogP contribution in [0, 0.1) is 5.92 Å². The summed E-state index contributed by atoms with van der Waals surface area (Å²) >= 11 is 3.50. The highest BCUT2D eigenvalue weighted by Crippen LogP contribution is 2.27. The Morgan fingerprint density at radius 2 is 1.97 bits per heavy atom. The van der Waals surface area contributed by atoms with Crippen molar-refractivity contribution >= 4 is 38.4 Å². The number of benzene rings is 1. The molecule has 2 aromatic heterocycles. The number of aromatic nitrogens is 2. The number of rotatable bonds is 3. The molecule has 0 spiro atoms. The normalized spacial score (nSPS) is 20.7. The Hall–Kier alpha value is -3.06. The SMILES string of the molecule is CC1=CN(c2ccc3n(c2=O)CC(C)N(Cc2c[nH]c4cc(Br)ccc24)C3=O)C=CCC1C. The zero-order chi connectivity index (χ0) is 23.3. The molecule has 0 saturated carbocycles. The number of allylic oxidation sites excluding steroid dienone is 2. The van der Waals surface area contributed by atoms with Gasteiger partial charge in [-0.05, 0) is 56.0 Å². The quantitative estimate of drug-likeness (QED) is 0.517. The molecular formula is C26H27BrN4O2. The second kappa shape index (κ2) is 8.37. The Morgan fingerprint density at radius 3 is 2.79 bits per heavy atom. The average molecular weight is 507 g/mol. The molecule has 1 N–H and O–H groups in total. The second-order valence-electron chi connectivity index (χ2n) is 9.11. The summed E-state index contributed by atoms with van der Waals surface area (Å²) in [5, 5.41) is 1.10. The summed E-state index contributed by atoms with van der Waals surface area (Å²) in [6, 6.07) is 9.55. The molecule has 4 heterocycles. The van der Waals surface area contributed by atoms with Crippen LogP contribution in [0.3, 0.4) is 0 Å². The Kier molecular flexibility index (Phi) is 5.52. The molecular weight excluding hydrogens is 480 g/mol. The van der Waals surface area contributed by atoms with Gasteiger partial charge in [-0.3, -0.25) is 9.59 Å². The van der Waals surface area contributed by atoms with Crippen LogP contribution in [0.15, 0.2) is 69.8 Å². The van der Waals surface area contributed by atoms with Crippen molar-refractivity contribution in [1.29, 1.82) is 0 Å². The van der Waals surface area contributed by atoms with Gasteiger partial charge >= 0.3 is 0 Å². The van der Waals surface area contributed by atoms with Crippen molar-refractivity contribution in [2.45, 2.75) is 46.3 Å². The first kappa shape index (κ1) is 21.8. The van der Waals surface area contributed by atoms with E-state index in [0.29, 0.717) is 30.4 Å². The van der Waals surface area contributed by atoms with Gasteiger partial charge < -0.3 is 19.4 Å². The molecule has 5 rings (SSSR count). The molecule has 2 aliphatic heterocycles. The monoisotopic (exact) mass is 506 g/mol. The van der Waals surface area contributed by atoms with Crippen LogP contribution in [0.4, 0.5) is 5.69 Å². The molecule has 6 nitrogen and oxygen atoms in total. The van der Waals surface area contributed by atoms with Crippen LogP contribution in [-0.4, -0.2) is 26.4 Å². The van der Waals surface area contributed by atoms with E-state index in [1.807, 2.05) is 47.5 Å². The van der Waals surface area contributed by atoms with Gasteiger partial charge in [-0.25, -0.2) is 0 Å². The lowest BCUT2D eigenvalue weighted by atomic mass is 10.0. The van der Waals surface area contributed by atoms with Crippen LogP contribution in [0.5, 0.6) is 0 Å². The van der Waals surface area contributed by atoms with Crippen LogP contribution in [-0.2, 0) is 13.1 Å². The number of carbonyl (C=O) groups is 1. The minimum absolute atomic E-state index is 0.102. The lowest BCUT2D eigenvalue weighted by Crippen LogP contribution is -2.49. The number of fused-ring (bicyclic) bond motifs is 2. The number of H-pyrrole nitrogens is 1. The van der Waals surface area contributed by atoms with Gasteiger partial charge in [0.1, 0.15) is 11.4 Å². The van der Waals surface area contributed by atoms with E-state index in [1.54, 1.807) is 16.7 Å². The average Bonchev–Trinajstić information content (AvgIpc) is 3.09. The van der Waals surface area contributed by atoms with Crippen LogP contribution in [0.1, 0.15) is 43.2 Å². The van der Waals surface area contributed by atoms with E-state index < -0.39 is 0 Å². The van der Waals surface area contributed by atoms with Gasteiger partial charge in [-0.2, -0.15) is 0 Å². The minimum atomic E-state index is -0.132. The maximum atomic E-state index is 13.4. The Labute approximate surface area is 201 Å². The van der Waals surface area contributed by atoms with Crippen molar-refractivity contribution in [1.82, 2.24) is 14.5 Å². The van der Waals surface area contributed by atoms with E-state index in [1.165, 1.54) is 5.57 Å². The smallest absolute Gasteiger partial charge is 0.275 e. The highest BCUT2D eigenvalue weighted by Gasteiger charge is 2.32. The van der Waals surface area contributed by atoms with Crippen molar-refractivity contribution in [3.63, 3.8) is 0 Å². The molecule has 0 saturated heterocycles. The molecule has 1 amide bonds. The first-order valence-electron chi connectivity index (χ1n) is 11.3. The summed E-state index contributed by atoms with van der Waals surface area (Å²) in [6.45, 7) is 7.24. The van der Waals surface area contributed by atoms with Gasteiger partial charge in [0.25, 0.3) is 11.5 Å². The number of halogens is 1. The fourth-order valence-electron chi connectivity index (χ4n) is 4.65. The van der Waals surface area contributed by atoms with Crippen molar-refractivity contribution < 1.29 is 4.79 Å². The number of amides is 1. The van der Waals surface area contributed by atoms with Gasteiger partial charge in [0.15, 0.2) is 0 Å².